The highest BCUT2D eigenvalue weighted by atomic mass is 35.5. The Morgan fingerprint density at radius 1 is 1.30 bits per heavy atom. The summed E-state index contributed by atoms with van der Waals surface area (Å²) in [5.74, 6) is 0.754. The van der Waals surface area contributed by atoms with Gasteiger partial charge in [-0.2, -0.15) is 0 Å². The smallest absolute Gasteiger partial charge is 0.225 e. The molecule has 0 amide bonds. The second-order valence-corrected chi connectivity index (χ2v) is 7.47. The van der Waals surface area contributed by atoms with Crippen molar-refractivity contribution in [2.75, 3.05) is 5.32 Å². The zero-order valence-corrected chi connectivity index (χ0v) is 13.7. The standard InChI is InChI=1S/C13H13ClN4S2/c1-7-6-8-9(16-12(14)17-10(8)20-7)18-13(2,3)11-15-4-5-19-11/h4-6H,1-3H3,(H,16,17,18). The molecule has 20 heavy (non-hydrogen) atoms. The van der Waals surface area contributed by atoms with Crippen molar-refractivity contribution in [3.8, 4) is 0 Å². The van der Waals surface area contributed by atoms with Crippen molar-refractivity contribution in [3.05, 3.63) is 32.8 Å². The largest absolute Gasteiger partial charge is 0.358 e. The third-order valence-corrected chi connectivity index (χ3v) is 5.10. The number of fused-ring (bicyclic) bond motifs is 1. The average Bonchev–Trinajstić information content (AvgIpc) is 2.96. The van der Waals surface area contributed by atoms with Crippen LogP contribution in [0.15, 0.2) is 17.6 Å². The van der Waals surface area contributed by atoms with Crippen LogP contribution < -0.4 is 5.32 Å². The van der Waals surface area contributed by atoms with Crippen LogP contribution in [-0.2, 0) is 5.54 Å². The van der Waals surface area contributed by atoms with Crippen molar-refractivity contribution in [2.24, 2.45) is 0 Å². The van der Waals surface area contributed by atoms with Gasteiger partial charge < -0.3 is 5.32 Å². The summed E-state index contributed by atoms with van der Waals surface area (Å²) in [6.45, 7) is 6.20. The van der Waals surface area contributed by atoms with Crippen LogP contribution >= 0.6 is 34.3 Å². The van der Waals surface area contributed by atoms with Gasteiger partial charge in [-0.05, 0) is 38.4 Å². The summed E-state index contributed by atoms with van der Waals surface area (Å²) in [6.07, 6.45) is 1.81. The molecule has 3 aromatic heterocycles. The average molecular weight is 325 g/mol. The zero-order valence-electron chi connectivity index (χ0n) is 11.3. The quantitative estimate of drug-likeness (QED) is 0.723. The first-order valence-corrected chi connectivity index (χ1v) is 8.15. The van der Waals surface area contributed by atoms with Crippen molar-refractivity contribution in [3.63, 3.8) is 0 Å². The van der Waals surface area contributed by atoms with Crippen LogP contribution in [0.3, 0.4) is 0 Å². The first kappa shape index (κ1) is 13.7. The molecule has 0 bridgehead atoms. The lowest BCUT2D eigenvalue weighted by Crippen LogP contribution is -2.28. The maximum absolute atomic E-state index is 6.02. The van der Waals surface area contributed by atoms with E-state index in [1.807, 2.05) is 5.38 Å². The van der Waals surface area contributed by atoms with Gasteiger partial charge in [0.15, 0.2) is 0 Å². The van der Waals surface area contributed by atoms with E-state index in [2.05, 4.69) is 47.1 Å². The van der Waals surface area contributed by atoms with Gasteiger partial charge in [0, 0.05) is 16.5 Å². The number of thiazole rings is 1. The molecule has 0 unspecified atom stereocenters. The molecule has 104 valence electrons. The Labute approximate surface area is 129 Å². The maximum Gasteiger partial charge on any atom is 0.225 e. The molecular weight excluding hydrogens is 312 g/mol. The van der Waals surface area contributed by atoms with Crippen LogP contribution in [0, 0.1) is 6.92 Å². The Morgan fingerprint density at radius 3 is 2.80 bits per heavy atom. The van der Waals surface area contributed by atoms with E-state index < -0.39 is 0 Å². The number of hydrogen-bond donors (Lipinski definition) is 1. The Kier molecular flexibility index (Phi) is 3.40. The zero-order chi connectivity index (χ0) is 14.3. The van der Waals surface area contributed by atoms with Crippen molar-refractivity contribution in [2.45, 2.75) is 26.3 Å². The molecule has 0 aromatic carbocycles. The van der Waals surface area contributed by atoms with Gasteiger partial charge in [0.2, 0.25) is 5.28 Å². The predicted octanol–water partition coefficient (Wildman–Crippen LogP) is 4.46. The minimum atomic E-state index is -0.311. The van der Waals surface area contributed by atoms with Gasteiger partial charge in [-0.1, -0.05) is 0 Å². The number of nitrogens with zero attached hydrogens (tertiary/aromatic N) is 3. The van der Waals surface area contributed by atoms with Gasteiger partial charge in [-0.3, -0.25) is 0 Å². The third-order valence-electron chi connectivity index (χ3n) is 2.89. The summed E-state index contributed by atoms with van der Waals surface area (Å²) in [7, 11) is 0. The fourth-order valence-electron chi connectivity index (χ4n) is 1.99. The van der Waals surface area contributed by atoms with Crippen molar-refractivity contribution < 1.29 is 0 Å². The molecule has 0 aliphatic heterocycles. The number of aryl methyl sites for hydroxylation is 1. The summed E-state index contributed by atoms with van der Waals surface area (Å²) in [5, 5.41) is 7.67. The maximum atomic E-state index is 6.02. The van der Waals surface area contributed by atoms with Crippen molar-refractivity contribution in [1.82, 2.24) is 15.0 Å². The highest BCUT2D eigenvalue weighted by Crippen LogP contribution is 2.33. The molecule has 0 atom stereocenters. The number of hydrogen-bond acceptors (Lipinski definition) is 6. The van der Waals surface area contributed by atoms with Crippen LogP contribution in [0.1, 0.15) is 23.7 Å². The SMILES string of the molecule is Cc1cc2c(NC(C)(C)c3nccs3)nc(Cl)nc2s1. The summed E-state index contributed by atoms with van der Waals surface area (Å²) < 4.78 is 0. The fraction of sp³-hybridized carbons (Fsp3) is 0.308. The molecule has 1 N–H and O–H groups in total. The molecule has 0 aliphatic rings. The van der Waals surface area contributed by atoms with Gasteiger partial charge >= 0.3 is 0 Å². The topological polar surface area (TPSA) is 50.7 Å². The molecule has 4 nitrogen and oxygen atoms in total. The Bertz CT molecular complexity index is 749. The van der Waals surface area contributed by atoms with Gasteiger partial charge in [-0.15, -0.1) is 22.7 Å². The second-order valence-electron chi connectivity index (χ2n) is 5.00. The molecule has 3 heterocycles. The van der Waals surface area contributed by atoms with E-state index in [-0.39, 0.29) is 10.8 Å². The summed E-state index contributed by atoms with van der Waals surface area (Å²) >= 11 is 9.25. The first-order chi connectivity index (χ1) is 9.45. The lowest BCUT2D eigenvalue weighted by Gasteiger charge is -2.24. The van der Waals surface area contributed by atoms with Crippen LogP contribution in [0.4, 0.5) is 5.82 Å². The number of anilines is 1. The molecule has 0 radical (unpaired) electrons. The minimum absolute atomic E-state index is 0.261. The Balaban J connectivity index is 2.06. The monoisotopic (exact) mass is 324 g/mol. The molecular formula is C13H13ClN4S2. The van der Waals surface area contributed by atoms with E-state index in [0.29, 0.717) is 0 Å². The molecule has 0 aliphatic carbocycles. The first-order valence-electron chi connectivity index (χ1n) is 6.07. The Hall–Kier alpha value is -1.24. The number of halogens is 1. The van der Waals surface area contributed by atoms with Gasteiger partial charge in [0.05, 0.1) is 10.9 Å². The normalized spacial score (nSPS) is 12.0. The molecule has 7 heteroatoms. The van der Waals surface area contributed by atoms with E-state index in [1.165, 1.54) is 4.88 Å². The van der Waals surface area contributed by atoms with Crippen molar-refractivity contribution in [1.29, 1.82) is 0 Å². The molecule has 0 fully saturated rings. The summed E-state index contributed by atoms with van der Waals surface area (Å²) in [6, 6.07) is 2.08. The second kappa shape index (κ2) is 4.95. The molecule has 0 spiro atoms. The fourth-order valence-corrected chi connectivity index (χ4v) is 3.81. The lowest BCUT2D eigenvalue weighted by molar-refractivity contribution is 0.602. The Morgan fingerprint density at radius 2 is 2.10 bits per heavy atom. The van der Waals surface area contributed by atoms with Gasteiger partial charge in [0.1, 0.15) is 15.7 Å². The van der Waals surface area contributed by atoms with Gasteiger partial charge in [0.25, 0.3) is 0 Å². The van der Waals surface area contributed by atoms with E-state index in [1.54, 1.807) is 28.9 Å². The van der Waals surface area contributed by atoms with Crippen LogP contribution in [-0.4, -0.2) is 15.0 Å². The molecule has 3 rings (SSSR count). The molecule has 0 saturated carbocycles. The van der Waals surface area contributed by atoms with E-state index >= 15 is 0 Å². The number of thiophene rings is 1. The number of nitrogens with one attached hydrogen (secondary N) is 1. The minimum Gasteiger partial charge on any atom is -0.358 e. The van der Waals surface area contributed by atoms with Crippen LogP contribution in [0.5, 0.6) is 0 Å². The summed E-state index contributed by atoms with van der Waals surface area (Å²) in [4.78, 5) is 15.1. The highest BCUT2D eigenvalue weighted by molar-refractivity contribution is 7.18. The predicted molar refractivity (Wildman–Crippen MR) is 85.9 cm³/mol. The molecule has 0 saturated heterocycles. The molecule has 3 aromatic rings. The van der Waals surface area contributed by atoms with Crippen LogP contribution in [0.25, 0.3) is 10.2 Å². The number of rotatable bonds is 3. The number of aromatic nitrogens is 3. The van der Waals surface area contributed by atoms with Crippen molar-refractivity contribution >= 4 is 50.3 Å². The van der Waals surface area contributed by atoms with E-state index in [0.717, 1.165) is 21.0 Å². The third kappa shape index (κ3) is 2.51. The van der Waals surface area contributed by atoms with Gasteiger partial charge in [-0.25, -0.2) is 15.0 Å². The summed E-state index contributed by atoms with van der Waals surface area (Å²) in [5.41, 5.74) is -0.311. The highest BCUT2D eigenvalue weighted by Gasteiger charge is 2.25. The van der Waals surface area contributed by atoms with E-state index in [9.17, 15) is 0 Å². The van der Waals surface area contributed by atoms with Crippen LogP contribution in [0.2, 0.25) is 5.28 Å². The van der Waals surface area contributed by atoms with E-state index in [4.69, 9.17) is 11.6 Å². The lowest BCUT2D eigenvalue weighted by atomic mass is 10.1.